The molecule has 20 rings (SSSR count). The van der Waals surface area contributed by atoms with Crippen molar-refractivity contribution in [2.75, 3.05) is 28.4 Å². The molecule has 656 valence electrons. The molecular weight excluding hydrogens is 1630 g/mol. The van der Waals surface area contributed by atoms with Crippen molar-refractivity contribution >= 4 is 23.9 Å². The van der Waals surface area contributed by atoms with Crippen molar-refractivity contribution in [1.29, 1.82) is 0 Å². The maximum atomic E-state index is 12.5. The molecule has 0 radical (unpaired) electrons. The fourth-order valence-corrected chi connectivity index (χ4v) is 20.5. The average molecular weight is 1730 g/mol. The van der Waals surface area contributed by atoms with Gasteiger partial charge in [0, 0.05) is 119 Å². The van der Waals surface area contributed by atoms with Crippen molar-refractivity contribution < 1.29 is 77.5 Å². The smallest absolute Gasteiger partial charge is 0.341 e. The van der Waals surface area contributed by atoms with E-state index in [1.807, 2.05) is 164 Å². The molecule has 0 bridgehead atoms. The molecule has 128 heavy (non-hydrogen) atoms. The van der Waals surface area contributed by atoms with Crippen LogP contribution in [-0.4, -0.2) is 91.0 Å². The summed E-state index contributed by atoms with van der Waals surface area (Å²) in [6, 6.07) is 62.1. The lowest BCUT2D eigenvalue weighted by Crippen LogP contribution is -2.30. The van der Waals surface area contributed by atoms with E-state index >= 15 is 0 Å². The number of hydrogen-bond donors (Lipinski definition) is 4. The Labute approximate surface area is 738 Å². The van der Waals surface area contributed by atoms with E-state index in [2.05, 4.69) is 24.3 Å². The second kappa shape index (κ2) is 37.6. The maximum Gasteiger partial charge on any atom is 0.341 e. The summed E-state index contributed by atoms with van der Waals surface area (Å²) in [5.41, 5.74) is 12.8. The van der Waals surface area contributed by atoms with Gasteiger partial charge in [0.1, 0.15) is 48.7 Å². The number of fused-ring (bicyclic) bond motifs is 24. The van der Waals surface area contributed by atoms with Crippen LogP contribution in [0.4, 0.5) is 0 Å². The van der Waals surface area contributed by atoms with Crippen molar-refractivity contribution in [2.45, 2.75) is 177 Å². The van der Waals surface area contributed by atoms with Gasteiger partial charge in [0.15, 0.2) is 67.7 Å². The predicted octanol–water partition coefficient (Wildman–Crippen LogP) is 20.1. The highest BCUT2D eigenvalue weighted by atomic mass is 16.5. The minimum atomic E-state index is -1.19. The van der Waals surface area contributed by atoms with Gasteiger partial charge in [-0.1, -0.05) is 173 Å². The first kappa shape index (κ1) is 86.0. The van der Waals surface area contributed by atoms with Crippen molar-refractivity contribution in [1.82, 2.24) is 18.3 Å². The van der Waals surface area contributed by atoms with Gasteiger partial charge in [-0.2, -0.15) is 0 Å². The van der Waals surface area contributed by atoms with Crippen molar-refractivity contribution in [3.05, 3.63) is 327 Å². The van der Waals surface area contributed by atoms with Gasteiger partial charge in [-0.25, -0.2) is 19.2 Å². The highest BCUT2D eigenvalue weighted by molar-refractivity contribution is 5.90. The quantitative estimate of drug-likeness (QED) is 0.0551. The van der Waals surface area contributed by atoms with E-state index in [-0.39, 0.29) is 70.1 Å². The van der Waals surface area contributed by atoms with Gasteiger partial charge in [-0.3, -0.25) is 19.2 Å². The average Bonchev–Trinajstić information content (AvgIpc) is 0.747. The summed E-state index contributed by atoms with van der Waals surface area (Å²) in [6.45, 7) is 1.73. The normalized spacial score (nSPS) is 18.8. The molecule has 0 amide bonds. The number of nitrogens with zero attached hydrogens (tertiary/aromatic N) is 4. The molecule has 0 saturated heterocycles. The summed E-state index contributed by atoms with van der Waals surface area (Å²) >= 11 is 0. The molecule has 8 aromatic carbocycles. The zero-order chi connectivity index (χ0) is 89.0. The number of carboxylic acids is 4. The van der Waals surface area contributed by atoms with Crippen LogP contribution in [0.15, 0.2) is 238 Å². The van der Waals surface area contributed by atoms with Crippen molar-refractivity contribution in [3.63, 3.8) is 0 Å². The van der Waals surface area contributed by atoms with E-state index in [1.165, 1.54) is 49.1 Å². The summed E-state index contributed by atoms with van der Waals surface area (Å²) in [6.07, 6.45) is 22.7. The molecular formula is C104H100N4O20. The van der Waals surface area contributed by atoms with E-state index in [9.17, 15) is 58.8 Å². The minimum Gasteiger partial charge on any atom is -0.493 e. The fraction of sp³-hybridized carbons (Fsp3) is 0.308. The lowest BCUT2D eigenvalue weighted by Gasteiger charge is -2.40. The number of aromatic nitrogens is 4. The first-order valence-corrected chi connectivity index (χ1v) is 43.8. The molecule has 24 nitrogen and oxygen atoms in total. The molecule has 0 unspecified atom stereocenters. The molecule has 24 heteroatoms. The maximum absolute atomic E-state index is 12.5. The Morgan fingerprint density at radius 2 is 0.469 bits per heavy atom. The highest BCUT2D eigenvalue weighted by Crippen LogP contribution is 2.57. The third-order valence-electron chi connectivity index (χ3n) is 26.6. The van der Waals surface area contributed by atoms with Gasteiger partial charge < -0.3 is 76.6 Å². The molecule has 8 aliphatic rings. The molecule has 12 aromatic rings. The molecule has 4 aromatic heterocycles. The Hall–Kier alpha value is -14.2. The van der Waals surface area contributed by atoms with E-state index < -0.39 is 45.6 Å². The number of benzene rings is 8. The molecule has 4 N–H and O–H groups in total. The molecule has 4 aliphatic heterocycles. The largest absolute Gasteiger partial charge is 0.493 e. The number of pyridine rings is 4. The zero-order valence-corrected chi connectivity index (χ0v) is 71.7. The van der Waals surface area contributed by atoms with Crippen LogP contribution >= 0.6 is 0 Å². The van der Waals surface area contributed by atoms with Crippen molar-refractivity contribution in [2.24, 2.45) is 0 Å². The van der Waals surface area contributed by atoms with E-state index in [4.69, 9.17) is 37.9 Å². The number of aromatic carboxylic acids is 4. The van der Waals surface area contributed by atoms with Gasteiger partial charge in [-0.15, -0.1) is 0 Å². The van der Waals surface area contributed by atoms with Crippen molar-refractivity contribution in [3.8, 4) is 91.0 Å². The Bertz CT molecular complexity index is 5700. The van der Waals surface area contributed by atoms with Crippen LogP contribution in [0, 0.1) is 0 Å². The highest BCUT2D eigenvalue weighted by Gasteiger charge is 2.42. The predicted molar refractivity (Wildman–Crippen MR) is 483 cm³/mol. The topological polar surface area (TPSA) is 311 Å². The Morgan fingerprint density at radius 3 is 0.656 bits per heavy atom. The SMILES string of the molecule is COc1cc2c(cc1OCc1ccccc1)[C@@H]1CCCC[C@@H]1n1cc(C(=O)O)c(=O)cc1-2.COc1cc2c(cc1OCc1ccccc1)[C@@H]1CCCC[C@H]1n1cc(C(=O)O)c(=O)cc1-2.COc1cc2c(cc1OCc1ccccc1)[C@H]1CCCC[C@@H]1n1cc(C(=O)O)c(=O)cc1-2.COc1cc2c(cc1OCc1ccccc1)[C@H]1CCCC[C@H]1n1cc(C(=O)O)c(=O)cc1-2. The summed E-state index contributed by atoms with van der Waals surface area (Å²) in [7, 11) is 6.40. The second-order valence-electron chi connectivity index (χ2n) is 33.9. The molecule has 0 spiro atoms. The lowest BCUT2D eigenvalue weighted by molar-refractivity contribution is 0.0683. The number of carbonyl (C=O) groups is 4. The van der Waals surface area contributed by atoms with Crippen LogP contribution in [0.25, 0.3) is 45.0 Å². The van der Waals surface area contributed by atoms with Gasteiger partial charge >= 0.3 is 23.9 Å². The van der Waals surface area contributed by atoms with Crippen LogP contribution in [0.5, 0.6) is 46.0 Å². The van der Waals surface area contributed by atoms with E-state index in [0.717, 1.165) is 192 Å². The summed E-state index contributed by atoms with van der Waals surface area (Å²) in [5, 5.41) is 37.9. The van der Waals surface area contributed by atoms with Gasteiger partial charge in [0.05, 0.1) is 51.2 Å². The summed E-state index contributed by atoms with van der Waals surface area (Å²) in [5.74, 6) is 1.27. The third-order valence-corrected chi connectivity index (χ3v) is 26.6. The third kappa shape index (κ3) is 17.3. The minimum absolute atomic E-state index is 0.125. The molecule has 8 atom stereocenters. The zero-order valence-electron chi connectivity index (χ0n) is 71.7. The number of methoxy groups -OCH3 is 4. The molecule has 4 aliphatic carbocycles. The van der Waals surface area contributed by atoms with E-state index in [1.54, 1.807) is 28.4 Å². The first-order chi connectivity index (χ1) is 62.3. The Kier molecular flexibility index (Phi) is 25.2. The van der Waals surface area contributed by atoms with Gasteiger partial charge in [0.2, 0.25) is 0 Å². The monoisotopic (exact) mass is 1720 g/mol. The molecule has 8 heterocycles. The van der Waals surface area contributed by atoms with Gasteiger partial charge in [-0.05, 0) is 144 Å². The standard InChI is InChI=1S/4C26H25NO5/c4*1-31-24-12-19-18(11-25(24)32-15-16-7-3-2-4-8-16)17-9-5-6-10-21(17)27-14-20(26(29)30)23(28)13-22(19)27/h4*2-4,7-8,11-14,17,21H,5-6,9-10,15H2,1H3,(H,29,30)/t2*17-,21+;2*17-,21-/m1010/s1. The number of rotatable bonds is 20. The fourth-order valence-electron chi connectivity index (χ4n) is 20.5. The Balaban J connectivity index is 0.000000120. The number of carboxylic acid groups (broad SMARTS) is 4. The summed E-state index contributed by atoms with van der Waals surface area (Å²) < 4.78 is 55.2. The van der Waals surface area contributed by atoms with Gasteiger partial charge in [0.25, 0.3) is 0 Å². The Morgan fingerprint density at radius 1 is 0.273 bits per heavy atom. The second-order valence-corrected chi connectivity index (χ2v) is 33.9. The molecule has 4 saturated carbocycles. The lowest BCUT2D eigenvalue weighted by atomic mass is 9.75. The van der Waals surface area contributed by atoms with E-state index in [0.29, 0.717) is 72.4 Å². The summed E-state index contributed by atoms with van der Waals surface area (Å²) in [4.78, 5) is 96.5. The molecule has 4 fully saturated rings. The first-order valence-electron chi connectivity index (χ1n) is 43.8. The van der Waals surface area contributed by atoms with Crippen LogP contribution in [0.1, 0.15) is 237 Å². The van der Waals surface area contributed by atoms with Crippen LogP contribution < -0.4 is 59.6 Å². The number of hydrogen-bond acceptors (Lipinski definition) is 16. The number of ether oxygens (including phenoxy) is 8. The van der Waals surface area contributed by atoms with Crippen LogP contribution in [0.2, 0.25) is 0 Å². The van der Waals surface area contributed by atoms with Crippen LogP contribution in [0.3, 0.4) is 0 Å². The van der Waals surface area contributed by atoms with Crippen LogP contribution in [-0.2, 0) is 26.4 Å².